The highest BCUT2D eigenvalue weighted by molar-refractivity contribution is 5.93. The molecule has 2 heterocycles. The van der Waals surface area contributed by atoms with Crippen molar-refractivity contribution in [3.63, 3.8) is 0 Å². The second-order valence-electron chi connectivity index (χ2n) is 13.1. The number of carbonyl (C=O) groups excluding carboxylic acids is 2. The monoisotopic (exact) mass is 624 g/mol. The lowest BCUT2D eigenvalue weighted by molar-refractivity contribution is -0.124. The highest BCUT2D eigenvalue weighted by Crippen LogP contribution is 2.29. The molecule has 3 atom stereocenters. The Hall–Kier alpha value is -4.70. The molecule has 0 aliphatic heterocycles. The number of nitrogens with zero attached hydrogens (tertiary/aromatic N) is 2. The van der Waals surface area contributed by atoms with Gasteiger partial charge in [0.2, 0.25) is 5.91 Å². The maximum atomic E-state index is 12.6. The third-order valence-corrected chi connectivity index (χ3v) is 8.23. The number of amides is 2. The van der Waals surface area contributed by atoms with Crippen molar-refractivity contribution in [3.8, 4) is 33.6 Å². The molecular weight excluding hydrogens is 576 g/mol. The fraction of sp³-hybridized carbons (Fsp3) is 0.389. The van der Waals surface area contributed by atoms with Gasteiger partial charge in [-0.05, 0) is 59.4 Å². The molecule has 0 saturated carbocycles. The van der Waals surface area contributed by atoms with Crippen molar-refractivity contribution >= 4 is 11.8 Å². The van der Waals surface area contributed by atoms with Crippen LogP contribution in [0.1, 0.15) is 79.1 Å². The van der Waals surface area contributed by atoms with Gasteiger partial charge < -0.3 is 32.1 Å². The summed E-state index contributed by atoms with van der Waals surface area (Å²) < 4.78 is 0. The maximum absolute atomic E-state index is 12.6. The van der Waals surface area contributed by atoms with E-state index in [2.05, 4.69) is 79.1 Å². The van der Waals surface area contributed by atoms with E-state index in [1.165, 1.54) is 0 Å². The Labute approximate surface area is 271 Å². The van der Waals surface area contributed by atoms with Crippen molar-refractivity contribution in [3.05, 3.63) is 83.8 Å². The Morgan fingerprint density at radius 2 is 1.04 bits per heavy atom. The summed E-state index contributed by atoms with van der Waals surface area (Å²) in [4.78, 5) is 41.2. The minimum absolute atomic E-state index is 0.0458. The number of allylic oxidation sites excluding steroid dienone is 1. The van der Waals surface area contributed by atoms with Crippen LogP contribution < -0.4 is 22.1 Å². The zero-order chi connectivity index (χ0) is 33.7. The van der Waals surface area contributed by atoms with Crippen molar-refractivity contribution in [2.24, 2.45) is 29.2 Å². The Bertz CT molecular complexity index is 1660. The molecule has 10 heteroatoms. The maximum Gasteiger partial charge on any atom is 0.267 e. The fourth-order valence-corrected chi connectivity index (χ4v) is 5.07. The van der Waals surface area contributed by atoms with Gasteiger partial charge in [-0.25, -0.2) is 9.97 Å². The molecule has 2 amide bonds. The van der Waals surface area contributed by atoms with E-state index in [0.717, 1.165) is 39.2 Å². The van der Waals surface area contributed by atoms with Crippen LogP contribution in [-0.4, -0.2) is 37.8 Å². The number of H-pyrrole nitrogens is 2. The van der Waals surface area contributed by atoms with Crippen LogP contribution in [0.3, 0.4) is 0 Å². The zero-order valence-corrected chi connectivity index (χ0v) is 28.1. The number of imidazole rings is 2. The number of nitrogens with one attached hydrogen (secondary N) is 4. The third kappa shape index (κ3) is 7.92. The van der Waals surface area contributed by atoms with E-state index in [1.807, 2.05) is 55.4 Å². The van der Waals surface area contributed by atoms with Crippen molar-refractivity contribution in [1.29, 1.82) is 0 Å². The molecule has 244 valence electrons. The van der Waals surface area contributed by atoms with Gasteiger partial charge in [0.25, 0.3) is 5.91 Å². The van der Waals surface area contributed by atoms with Gasteiger partial charge in [0.1, 0.15) is 11.6 Å². The molecule has 10 nitrogen and oxygen atoms in total. The van der Waals surface area contributed by atoms with Crippen molar-refractivity contribution in [2.45, 2.75) is 73.5 Å². The Balaban J connectivity index is 1.46. The SMILES string of the molecule is CC(C)=C(N)C(=O)N[C@H](c1ncc(-c2ccc(-c3ccc(-c4cnc([C@@H](NC(=O)[C@H](N)C(C)C)C(C)C)[nH]4)cc3)cc2)[nH]1)C(C)C. The molecule has 0 saturated heterocycles. The number of benzene rings is 2. The van der Waals surface area contributed by atoms with E-state index < -0.39 is 6.04 Å². The molecule has 2 aromatic carbocycles. The first-order valence-corrected chi connectivity index (χ1v) is 15.9. The Morgan fingerprint density at radius 1 is 0.652 bits per heavy atom. The molecule has 0 aliphatic rings. The van der Waals surface area contributed by atoms with Gasteiger partial charge in [-0.1, -0.05) is 90.1 Å². The third-order valence-electron chi connectivity index (χ3n) is 8.23. The number of nitrogens with two attached hydrogens (primary N) is 2. The topological polar surface area (TPSA) is 168 Å². The zero-order valence-electron chi connectivity index (χ0n) is 28.1. The summed E-state index contributed by atoms with van der Waals surface area (Å²) in [6.45, 7) is 15.7. The van der Waals surface area contributed by atoms with Crippen molar-refractivity contribution < 1.29 is 9.59 Å². The van der Waals surface area contributed by atoms with Crippen LogP contribution in [0.5, 0.6) is 0 Å². The van der Waals surface area contributed by atoms with E-state index in [-0.39, 0.29) is 47.3 Å². The summed E-state index contributed by atoms with van der Waals surface area (Å²) in [5, 5.41) is 6.07. The van der Waals surface area contributed by atoms with Crippen LogP contribution in [0.2, 0.25) is 0 Å². The van der Waals surface area contributed by atoms with Gasteiger partial charge in [0.15, 0.2) is 0 Å². The predicted molar refractivity (Wildman–Crippen MR) is 184 cm³/mol. The second-order valence-corrected chi connectivity index (χ2v) is 13.1. The highest BCUT2D eigenvalue weighted by Gasteiger charge is 2.26. The standard InChI is InChI=1S/C36H48N8O2/c1-19(2)29(37)35(45)43-31(21(5)6)33-39-17-27(41-33)25-13-9-23(10-14-25)24-11-15-26(16-12-24)28-18-40-34(42-28)32(22(7)8)44-36(46)30(38)20(3)4/h9-19,21-22,29,31-32H,37-38H2,1-8H3,(H,39,41)(H,40,42)(H,43,45)(H,44,46)/t29-,31+,32+/m1/s1. The first-order valence-electron chi connectivity index (χ1n) is 15.9. The predicted octanol–water partition coefficient (Wildman–Crippen LogP) is 6.00. The van der Waals surface area contributed by atoms with E-state index in [4.69, 9.17) is 11.5 Å². The van der Waals surface area contributed by atoms with Crippen LogP contribution in [-0.2, 0) is 9.59 Å². The van der Waals surface area contributed by atoms with Gasteiger partial charge in [-0.15, -0.1) is 0 Å². The molecule has 8 N–H and O–H groups in total. The summed E-state index contributed by atoms with van der Waals surface area (Å²) in [5.41, 5.74) is 18.9. The quantitative estimate of drug-likeness (QED) is 0.106. The molecule has 46 heavy (non-hydrogen) atoms. The molecule has 4 rings (SSSR count). The van der Waals surface area contributed by atoms with E-state index in [9.17, 15) is 9.59 Å². The molecule has 0 radical (unpaired) electrons. The lowest BCUT2D eigenvalue weighted by Gasteiger charge is -2.23. The number of rotatable bonds is 12. The van der Waals surface area contributed by atoms with Gasteiger partial charge in [0.05, 0.1) is 47.6 Å². The average Bonchev–Trinajstić information content (AvgIpc) is 3.72. The summed E-state index contributed by atoms with van der Waals surface area (Å²) in [7, 11) is 0. The molecule has 2 aromatic heterocycles. The van der Waals surface area contributed by atoms with Gasteiger partial charge in [-0.2, -0.15) is 0 Å². The first kappa shape index (κ1) is 34.2. The van der Waals surface area contributed by atoms with Gasteiger partial charge in [-0.3, -0.25) is 9.59 Å². The molecule has 4 aromatic rings. The minimum atomic E-state index is -0.571. The van der Waals surface area contributed by atoms with Crippen LogP contribution in [0.25, 0.3) is 33.6 Å². The Kier molecular flexibility index (Phi) is 10.8. The molecule has 0 spiro atoms. The first-order chi connectivity index (χ1) is 21.8. The summed E-state index contributed by atoms with van der Waals surface area (Å²) in [6.07, 6.45) is 3.59. The Morgan fingerprint density at radius 3 is 1.41 bits per heavy atom. The van der Waals surface area contributed by atoms with Crippen molar-refractivity contribution in [2.75, 3.05) is 0 Å². The molecular formula is C36H48N8O2. The van der Waals surface area contributed by atoms with E-state index >= 15 is 0 Å². The molecule has 0 bridgehead atoms. The number of hydrogen-bond acceptors (Lipinski definition) is 6. The molecule has 0 unspecified atom stereocenters. The van der Waals surface area contributed by atoms with Gasteiger partial charge in [0, 0.05) is 0 Å². The number of aromatic nitrogens is 4. The van der Waals surface area contributed by atoms with Crippen LogP contribution >= 0.6 is 0 Å². The highest BCUT2D eigenvalue weighted by atomic mass is 16.2. The van der Waals surface area contributed by atoms with Gasteiger partial charge >= 0.3 is 0 Å². The van der Waals surface area contributed by atoms with E-state index in [1.54, 1.807) is 12.4 Å². The summed E-state index contributed by atoms with van der Waals surface area (Å²) in [6, 6.07) is 15.4. The summed E-state index contributed by atoms with van der Waals surface area (Å²) in [5.74, 6) is 1.20. The largest absolute Gasteiger partial charge is 0.394 e. The average molecular weight is 625 g/mol. The number of aromatic amines is 2. The van der Waals surface area contributed by atoms with E-state index in [0.29, 0.717) is 11.6 Å². The number of carbonyl (C=O) groups is 2. The van der Waals surface area contributed by atoms with Crippen LogP contribution in [0.15, 0.2) is 72.2 Å². The minimum Gasteiger partial charge on any atom is -0.394 e. The molecule has 0 fully saturated rings. The lowest BCUT2D eigenvalue weighted by Crippen LogP contribution is -2.46. The summed E-state index contributed by atoms with van der Waals surface area (Å²) >= 11 is 0. The van der Waals surface area contributed by atoms with Crippen LogP contribution in [0.4, 0.5) is 0 Å². The normalized spacial score (nSPS) is 13.5. The van der Waals surface area contributed by atoms with Crippen LogP contribution in [0, 0.1) is 17.8 Å². The smallest absolute Gasteiger partial charge is 0.267 e. The second kappa shape index (κ2) is 14.6. The van der Waals surface area contributed by atoms with Crippen molar-refractivity contribution in [1.82, 2.24) is 30.6 Å². The lowest BCUT2D eigenvalue weighted by atomic mass is 10.0. The fourth-order valence-electron chi connectivity index (χ4n) is 5.07. The number of hydrogen-bond donors (Lipinski definition) is 6. The molecule has 0 aliphatic carbocycles.